The van der Waals surface area contributed by atoms with E-state index in [1.165, 1.54) is 44.9 Å². The lowest BCUT2D eigenvalue weighted by molar-refractivity contribution is -0.00987. The molecule has 0 amide bonds. The number of hydrogen-bond donors (Lipinski definition) is 1. The van der Waals surface area contributed by atoms with Crippen molar-refractivity contribution in [2.24, 2.45) is 0 Å². The standard InChI is InChI=1S/C14H30O3/c1-3-5-7-9-14(8-6-4-2)17-13-12-16-11-10-15/h14-15H,3-13H2,1-2H3. The molecule has 0 aromatic rings. The molecule has 1 unspecified atom stereocenters. The number of hydrogen-bond acceptors (Lipinski definition) is 3. The maximum absolute atomic E-state index is 8.57. The van der Waals surface area contributed by atoms with Crippen molar-refractivity contribution in [1.29, 1.82) is 0 Å². The number of aliphatic hydroxyl groups is 1. The predicted octanol–water partition coefficient (Wildman–Crippen LogP) is 3.15. The first-order chi connectivity index (χ1) is 8.35. The molecule has 17 heavy (non-hydrogen) atoms. The summed E-state index contributed by atoms with van der Waals surface area (Å²) >= 11 is 0. The van der Waals surface area contributed by atoms with Crippen LogP contribution in [-0.2, 0) is 9.47 Å². The number of ether oxygens (including phenoxy) is 2. The van der Waals surface area contributed by atoms with Crippen LogP contribution in [0.15, 0.2) is 0 Å². The summed E-state index contributed by atoms with van der Waals surface area (Å²) in [5.74, 6) is 0. The first-order valence-electron chi connectivity index (χ1n) is 7.15. The molecular weight excluding hydrogens is 216 g/mol. The van der Waals surface area contributed by atoms with E-state index in [1.54, 1.807) is 0 Å². The van der Waals surface area contributed by atoms with Gasteiger partial charge in [0, 0.05) is 0 Å². The van der Waals surface area contributed by atoms with E-state index in [0.29, 0.717) is 25.9 Å². The summed E-state index contributed by atoms with van der Waals surface area (Å²) in [5.41, 5.74) is 0. The van der Waals surface area contributed by atoms with Gasteiger partial charge in [0.1, 0.15) is 0 Å². The summed E-state index contributed by atoms with van der Waals surface area (Å²) in [5, 5.41) is 8.57. The average Bonchev–Trinajstić information content (AvgIpc) is 2.35. The minimum atomic E-state index is 0.0930. The second-order valence-corrected chi connectivity index (χ2v) is 4.47. The van der Waals surface area contributed by atoms with Crippen molar-refractivity contribution >= 4 is 0 Å². The highest BCUT2D eigenvalue weighted by atomic mass is 16.5. The normalized spacial score (nSPS) is 12.9. The van der Waals surface area contributed by atoms with Crippen molar-refractivity contribution in [1.82, 2.24) is 0 Å². The van der Waals surface area contributed by atoms with Crippen LogP contribution in [-0.4, -0.2) is 37.6 Å². The molecule has 0 aromatic carbocycles. The molecule has 0 heterocycles. The number of unbranched alkanes of at least 4 members (excludes halogenated alkanes) is 3. The Morgan fingerprint density at radius 1 is 0.882 bits per heavy atom. The van der Waals surface area contributed by atoms with Gasteiger partial charge < -0.3 is 14.6 Å². The molecule has 0 aliphatic carbocycles. The second kappa shape index (κ2) is 13.9. The van der Waals surface area contributed by atoms with E-state index in [9.17, 15) is 0 Å². The Hall–Kier alpha value is -0.120. The van der Waals surface area contributed by atoms with Gasteiger partial charge in [-0.05, 0) is 12.8 Å². The molecular formula is C14H30O3. The lowest BCUT2D eigenvalue weighted by Crippen LogP contribution is -2.17. The molecule has 3 nitrogen and oxygen atoms in total. The second-order valence-electron chi connectivity index (χ2n) is 4.47. The average molecular weight is 246 g/mol. The molecule has 0 aliphatic rings. The smallest absolute Gasteiger partial charge is 0.0704 e. The van der Waals surface area contributed by atoms with E-state index >= 15 is 0 Å². The Labute approximate surface area is 107 Å². The monoisotopic (exact) mass is 246 g/mol. The van der Waals surface area contributed by atoms with E-state index in [0.717, 1.165) is 0 Å². The Morgan fingerprint density at radius 2 is 1.59 bits per heavy atom. The van der Waals surface area contributed by atoms with Gasteiger partial charge in [0.25, 0.3) is 0 Å². The van der Waals surface area contributed by atoms with Crippen molar-refractivity contribution in [3.63, 3.8) is 0 Å². The van der Waals surface area contributed by atoms with E-state index in [1.807, 2.05) is 0 Å². The van der Waals surface area contributed by atoms with Crippen LogP contribution in [0.3, 0.4) is 0 Å². The van der Waals surface area contributed by atoms with E-state index < -0.39 is 0 Å². The largest absolute Gasteiger partial charge is 0.394 e. The first kappa shape index (κ1) is 16.9. The molecule has 0 saturated heterocycles. The number of aliphatic hydroxyl groups excluding tert-OH is 1. The zero-order valence-electron chi connectivity index (χ0n) is 11.6. The maximum Gasteiger partial charge on any atom is 0.0704 e. The fourth-order valence-electron chi connectivity index (χ4n) is 1.81. The van der Waals surface area contributed by atoms with Gasteiger partial charge in [0.05, 0.1) is 32.5 Å². The highest BCUT2D eigenvalue weighted by molar-refractivity contribution is 4.58. The SMILES string of the molecule is CCCCCC(CCCC)OCCOCCO. The van der Waals surface area contributed by atoms with Gasteiger partial charge in [-0.15, -0.1) is 0 Å². The molecule has 0 radical (unpaired) electrons. The van der Waals surface area contributed by atoms with Crippen molar-refractivity contribution in [2.75, 3.05) is 26.4 Å². The van der Waals surface area contributed by atoms with Crippen molar-refractivity contribution in [2.45, 2.75) is 64.9 Å². The van der Waals surface area contributed by atoms with Crippen LogP contribution in [0.1, 0.15) is 58.8 Å². The Bertz CT molecular complexity index is 139. The van der Waals surface area contributed by atoms with Crippen LogP contribution in [0.4, 0.5) is 0 Å². The topological polar surface area (TPSA) is 38.7 Å². The maximum atomic E-state index is 8.57. The fourth-order valence-corrected chi connectivity index (χ4v) is 1.81. The van der Waals surface area contributed by atoms with Gasteiger partial charge >= 0.3 is 0 Å². The predicted molar refractivity (Wildman–Crippen MR) is 71.3 cm³/mol. The summed E-state index contributed by atoms with van der Waals surface area (Å²) < 4.78 is 11.0. The van der Waals surface area contributed by atoms with E-state index in [-0.39, 0.29) is 6.61 Å². The van der Waals surface area contributed by atoms with Crippen LogP contribution in [0.2, 0.25) is 0 Å². The Morgan fingerprint density at radius 3 is 2.24 bits per heavy atom. The molecule has 0 rings (SSSR count). The van der Waals surface area contributed by atoms with Gasteiger partial charge in [0.2, 0.25) is 0 Å². The molecule has 0 aliphatic heterocycles. The van der Waals surface area contributed by atoms with Gasteiger partial charge in [0.15, 0.2) is 0 Å². The van der Waals surface area contributed by atoms with E-state index in [4.69, 9.17) is 14.6 Å². The van der Waals surface area contributed by atoms with Crippen molar-refractivity contribution in [3.8, 4) is 0 Å². The van der Waals surface area contributed by atoms with Gasteiger partial charge in [-0.3, -0.25) is 0 Å². The van der Waals surface area contributed by atoms with Crippen LogP contribution < -0.4 is 0 Å². The molecule has 0 bridgehead atoms. The summed E-state index contributed by atoms with van der Waals surface area (Å²) in [6, 6.07) is 0. The molecule has 0 spiro atoms. The molecule has 104 valence electrons. The van der Waals surface area contributed by atoms with Gasteiger partial charge in [-0.25, -0.2) is 0 Å². The third-order valence-corrected chi connectivity index (χ3v) is 2.83. The zero-order valence-corrected chi connectivity index (χ0v) is 11.6. The molecule has 0 saturated carbocycles. The minimum Gasteiger partial charge on any atom is -0.394 e. The summed E-state index contributed by atoms with van der Waals surface area (Å²) in [6.45, 7) is 6.20. The number of rotatable bonds is 13. The van der Waals surface area contributed by atoms with Gasteiger partial charge in [-0.2, -0.15) is 0 Å². The summed E-state index contributed by atoms with van der Waals surface area (Å²) in [4.78, 5) is 0. The quantitative estimate of drug-likeness (QED) is 0.507. The first-order valence-corrected chi connectivity index (χ1v) is 7.15. The molecule has 0 aromatic heterocycles. The summed E-state index contributed by atoms with van der Waals surface area (Å²) in [6.07, 6.45) is 9.05. The van der Waals surface area contributed by atoms with Crippen molar-refractivity contribution < 1.29 is 14.6 Å². The van der Waals surface area contributed by atoms with E-state index in [2.05, 4.69) is 13.8 Å². The van der Waals surface area contributed by atoms with Crippen molar-refractivity contribution in [3.05, 3.63) is 0 Å². The zero-order chi connectivity index (χ0) is 12.8. The minimum absolute atomic E-state index is 0.0930. The lowest BCUT2D eigenvalue weighted by Gasteiger charge is -2.17. The van der Waals surface area contributed by atoms with Crippen LogP contribution in [0.25, 0.3) is 0 Å². The third kappa shape index (κ3) is 12.1. The highest BCUT2D eigenvalue weighted by Crippen LogP contribution is 2.13. The highest BCUT2D eigenvalue weighted by Gasteiger charge is 2.07. The molecule has 3 heteroatoms. The Kier molecular flexibility index (Phi) is 13.8. The van der Waals surface area contributed by atoms with Crippen LogP contribution >= 0.6 is 0 Å². The molecule has 0 fully saturated rings. The Balaban J connectivity index is 3.53. The third-order valence-electron chi connectivity index (χ3n) is 2.83. The van der Waals surface area contributed by atoms with Crippen LogP contribution in [0, 0.1) is 0 Å². The summed E-state index contributed by atoms with van der Waals surface area (Å²) in [7, 11) is 0. The van der Waals surface area contributed by atoms with Gasteiger partial charge in [-0.1, -0.05) is 46.0 Å². The van der Waals surface area contributed by atoms with Crippen LogP contribution in [0.5, 0.6) is 0 Å². The molecule has 1 atom stereocenters. The molecule has 1 N–H and O–H groups in total. The fraction of sp³-hybridized carbons (Fsp3) is 1.00. The lowest BCUT2D eigenvalue weighted by atomic mass is 10.1.